The van der Waals surface area contributed by atoms with Gasteiger partial charge in [-0.05, 0) is 75.3 Å². The first-order valence-corrected chi connectivity index (χ1v) is 14.8. The zero-order valence-electron chi connectivity index (χ0n) is 25.5. The fraction of sp³-hybridized carbons (Fsp3) is 0.750. The first kappa shape index (κ1) is 33.8. The van der Waals surface area contributed by atoms with Gasteiger partial charge in [-0.15, -0.1) is 0 Å². The van der Waals surface area contributed by atoms with Gasteiger partial charge in [0.15, 0.2) is 0 Å². The van der Waals surface area contributed by atoms with E-state index >= 15 is 0 Å². The van der Waals surface area contributed by atoms with Crippen LogP contribution in [0.15, 0.2) is 12.1 Å². The second-order valence-corrected chi connectivity index (χ2v) is 11.3. The molecular weight excluding hydrogens is 480 g/mol. The van der Waals surface area contributed by atoms with Crippen molar-refractivity contribution in [1.82, 2.24) is 0 Å². The van der Waals surface area contributed by atoms with Crippen molar-refractivity contribution in [1.29, 1.82) is 0 Å². The van der Waals surface area contributed by atoms with Crippen LogP contribution in [0.5, 0.6) is 11.5 Å². The Morgan fingerprint density at radius 3 is 1.32 bits per heavy atom. The minimum absolute atomic E-state index is 0.124. The van der Waals surface area contributed by atoms with Gasteiger partial charge in [0, 0.05) is 24.0 Å². The highest BCUT2D eigenvalue weighted by Crippen LogP contribution is 2.44. The summed E-state index contributed by atoms with van der Waals surface area (Å²) in [6, 6.07) is 4.26. The van der Waals surface area contributed by atoms with Crippen molar-refractivity contribution in [3.63, 3.8) is 0 Å². The van der Waals surface area contributed by atoms with E-state index in [1.165, 1.54) is 0 Å². The fourth-order valence-corrected chi connectivity index (χ4v) is 4.59. The molecule has 6 nitrogen and oxygen atoms in total. The lowest BCUT2D eigenvalue weighted by Crippen LogP contribution is -2.23. The summed E-state index contributed by atoms with van der Waals surface area (Å²) in [6.45, 7) is 19.1. The maximum absolute atomic E-state index is 12.1. The summed E-state index contributed by atoms with van der Waals surface area (Å²) < 4.78 is 23.0. The molecule has 0 spiro atoms. The van der Waals surface area contributed by atoms with Crippen molar-refractivity contribution in [2.45, 2.75) is 130 Å². The number of benzene rings is 1. The van der Waals surface area contributed by atoms with E-state index in [0.29, 0.717) is 39.3 Å². The Morgan fingerprint density at radius 1 is 0.632 bits per heavy atom. The van der Waals surface area contributed by atoms with E-state index < -0.39 is 0 Å². The Morgan fingerprint density at radius 2 is 1.00 bits per heavy atom. The third-order valence-electron chi connectivity index (χ3n) is 7.03. The number of unbranched alkanes of at least 4 members (excludes halogenated alkanes) is 2. The van der Waals surface area contributed by atoms with Crippen LogP contribution in [-0.4, -0.2) is 38.4 Å². The summed E-state index contributed by atoms with van der Waals surface area (Å²) in [4.78, 5) is 24.2. The molecule has 0 aliphatic heterocycles. The van der Waals surface area contributed by atoms with Gasteiger partial charge in [-0.1, -0.05) is 54.4 Å². The maximum atomic E-state index is 12.1. The van der Waals surface area contributed by atoms with Gasteiger partial charge in [-0.2, -0.15) is 0 Å². The minimum Gasteiger partial charge on any atom is -0.494 e. The standard InChI is InChI=1S/C32H54O6/c1-9-13-21-37-29(33)17-15-19-31(5,6)25-23-28(36-12-4)26(24-27(25)35-11-3)32(7,8)20-16-18-30(34)38-22-14-10-2/h23-24H,9-22H2,1-8H3. The summed E-state index contributed by atoms with van der Waals surface area (Å²) in [6.07, 6.45) is 7.81. The monoisotopic (exact) mass is 534 g/mol. The van der Waals surface area contributed by atoms with Gasteiger partial charge in [-0.3, -0.25) is 9.59 Å². The van der Waals surface area contributed by atoms with Gasteiger partial charge < -0.3 is 18.9 Å². The predicted molar refractivity (Wildman–Crippen MR) is 154 cm³/mol. The van der Waals surface area contributed by atoms with E-state index in [1.54, 1.807) is 0 Å². The predicted octanol–water partition coefficient (Wildman–Crippen LogP) is 8.07. The normalized spacial score (nSPS) is 11.8. The summed E-state index contributed by atoms with van der Waals surface area (Å²) >= 11 is 0. The van der Waals surface area contributed by atoms with Gasteiger partial charge in [0.1, 0.15) is 11.5 Å². The first-order chi connectivity index (χ1) is 18.0. The highest BCUT2D eigenvalue weighted by atomic mass is 16.5. The molecule has 0 bridgehead atoms. The molecule has 0 saturated carbocycles. The zero-order valence-corrected chi connectivity index (χ0v) is 25.5. The summed E-state index contributed by atoms with van der Waals surface area (Å²) in [5.41, 5.74) is 1.73. The van der Waals surface area contributed by atoms with E-state index in [2.05, 4.69) is 53.7 Å². The lowest BCUT2D eigenvalue weighted by Gasteiger charge is -2.32. The van der Waals surface area contributed by atoms with Crippen molar-refractivity contribution in [2.24, 2.45) is 0 Å². The second kappa shape index (κ2) is 17.4. The third kappa shape index (κ3) is 11.7. The number of carbonyl (C=O) groups is 2. The summed E-state index contributed by atoms with van der Waals surface area (Å²) in [7, 11) is 0. The van der Waals surface area contributed by atoms with Crippen LogP contribution in [0, 0.1) is 0 Å². The second-order valence-electron chi connectivity index (χ2n) is 11.3. The highest BCUT2D eigenvalue weighted by molar-refractivity contribution is 5.69. The van der Waals surface area contributed by atoms with E-state index in [1.807, 2.05) is 13.8 Å². The van der Waals surface area contributed by atoms with E-state index in [0.717, 1.165) is 74.0 Å². The molecule has 0 amide bonds. The SMILES string of the molecule is CCCCOC(=O)CCCC(C)(C)c1cc(OCC)c(C(C)(C)CCCC(=O)OCCCC)cc1OCC. The highest BCUT2D eigenvalue weighted by Gasteiger charge is 2.31. The van der Waals surface area contributed by atoms with E-state index in [-0.39, 0.29) is 22.8 Å². The quantitative estimate of drug-likeness (QED) is 0.124. The maximum Gasteiger partial charge on any atom is 0.305 e. The molecular formula is C32H54O6. The van der Waals surface area contributed by atoms with Crippen LogP contribution in [0.4, 0.5) is 0 Å². The number of carbonyl (C=O) groups excluding carboxylic acids is 2. The lowest BCUT2D eigenvalue weighted by molar-refractivity contribution is -0.144. The average molecular weight is 535 g/mol. The molecule has 0 atom stereocenters. The Labute approximate surface area is 232 Å². The molecule has 1 aromatic carbocycles. The van der Waals surface area contributed by atoms with Crippen molar-refractivity contribution < 1.29 is 28.5 Å². The number of hydrogen-bond donors (Lipinski definition) is 0. The van der Waals surface area contributed by atoms with Crippen LogP contribution in [0.3, 0.4) is 0 Å². The number of esters is 2. The van der Waals surface area contributed by atoms with Crippen molar-refractivity contribution in [3.05, 3.63) is 23.3 Å². The smallest absolute Gasteiger partial charge is 0.305 e. The van der Waals surface area contributed by atoms with Crippen molar-refractivity contribution in [2.75, 3.05) is 26.4 Å². The Hall–Kier alpha value is -2.24. The van der Waals surface area contributed by atoms with E-state index in [9.17, 15) is 9.59 Å². The number of ether oxygens (including phenoxy) is 4. The van der Waals surface area contributed by atoms with Gasteiger partial charge in [0.05, 0.1) is 26.4 Å². The van der Waals surface area contributed by atoms with Crippen LogP contribution in [0.2, 0.25) is 0 Å². The molecule has 0 saturated heterocycles. The van der Waals surface area contributed by atoms with Crippen LogP contribution in [0.1, 0.15) is 131 Å². The molecule has 38 heavy (non-hydrogen) atoms. The van der Waals surface area contributed by atoms with Crippen LogP contribution < -0.4 is 9.47 Å². The number of rotatable bonds is 20. The first-order valence-electron chi connectivity index (χ1n) is 14.8. The Bertz CT molecular complexity index is 773. The van der Waals surface area contributed by atoms with Crippen LogP contribution in [0.25, 0.3) is 0 Å². The van der Waals surface area contributed by atoms with Gasteiger partial charge in [0.2, 0.25) is 0 Å². The molecule has 0 unspecified atom stereocenters. The molecule has 1 aromatic rings. The minimum atomic E-state index is -0.217. The molecule has 0 aliphatic rings. The molecule has 0 N–H and O–H groups in total. The largest absolute Gasteiger partial charge is 0.494 e. The Balaban J connectivity index is 3.07. The summed E-state index contributed by atoms with van der Waals surface area (Å²) in [5, 5.41) is 0. The topological polar surface area (TPSA) is 71.1 Å². The lowest BCUT2D eigenvalue weighted by atomic mass is 9.75. The Kier molecular flexibility index (Phi) is 15.4. The molecule has 0 fully saturated rings. The third-order valence-corrected chi connectivity index (χ3v) is 7.03. The summed E-state index contributed by atoms with van der Waals surface area (Å²) in [5.74, 6) is 1.46. The van der Waals surface area contributed by atoms with Crippen LogP contribution >= 0.6 is 0 Å². The van der Waals surface area contributed by atoms with Crippen LogP contribution in [-0.2, 0) is 29.9 Å². The fourth-order valence-electron chi connectivity index (χ4n) is 4.59. The van der Waals surface area contributed by atoms with Gasteiger partial charge in [0.25, 0.3) is 0 Å². The molecule has 0 aliphatic carbocycles. The molecule has 6 heteroatoms. The average Bonchev–Trinajstić information content (AvgIpc) is 2.85. The zero-order chi connectivity index (χ0) is 28.6. The molecule has 0 aromatic heterocycles. The molecule has 218 valence electrons. The van der Waals surface area contributed by atoms with Gasteiger partial charge >= 0.3 is 11.9 Å². The van der Waals surface area contributed by atoms with Crippen molar-refractivity contribution in [3.8, 4) is 11.5 Å². The number of hydrogen-bond acceptors (Lipinski definition) is 6. The molecule has 1 rings (SSSR count). The van der Waals surface area contributed by atoms with E-state index in [4.69, 9.17) is 18.9 Å². The van der Waals surface area contributed by atoms with Gasteiger partial charge in [-0.25, -0.2) is 0 Å². The molecule has 0 radical (unpaired) electrons. The van der Waals surface area contributed by atoms with Crippen molar-refractivity contribution >= 4 is 11.9 Å². The molecule has 0 heterocycles.